The number of benzene rings is 2. The largest absolute Gasteiger partial charge is 0.102 e. The zero-order valence-electron chi connectivity index (χ0n) is 9.86. The maximum absolute atomic E-state index is 3.82. The lowest BCUT2D eigenvalue weighted by atomic mass is 10.0. The number of hydrogen-bond acceptors (Lipinski definition) is 0. The third kappa shape index (κ3) is 2.97. The molecule has 17 heavy (non-hydrogen) atoms. The molecule has 0 aromatic heterocycles. The Labute approximate surface area is 117 Å². The van der Waals surface area contributed by atoms with E-state index in [0.717, 1.165) is 0 Å². The lowest BCUT2D eigenvalue weighted by Gasteiger charge is -2.07. The van der Waals surface area contributed by atoms with Gasteiger partial charge in [-0.2, -0.15) is 0 Å². The minimum Gasteiger partial charge on any atom is -0.102 e. The third-order valence-electron chi connectivity index (χ3n) is 2.82. The highest BCUT2D eigenvalue weighted by Crippen LogP contribution is 2.27. The van der Waals surface area contributed by atoms with Gasteiger partial charge in [-0.3, -0.25) is 0 Å². The first-order valence-electron chi connectivity index (χ1n) is 5.64. The smallest absolute Gasteiger partial charge is 0.0536 e. The third-order valence-corrected chi connectivity index (χ3v) is 4.05. The van der Waals surface area contributed by atoms with Crippen molar-refractivity contribution in [2.45, 2.75) is 10.8 Å². The van der Waals surface area contributed by atoms with Crippen molar-refractivity contribution >= 4 is 22.6 Å². The van der Waals surface area contributed by atoms with Crippen LogP contribution in [0.15, 0.2) is 61.2 Å². The molecule has 0 fully saturated rings. The first-order chi connectivity index (χ1) is 8.20. The molecule has 0 bridgehead atoms. The van der Waals surface area contributed by atoms with E-state index in [9.17, 15) is 0 Å². The van der Waals surface area contributed by atoms with Gasteiger partial charge in [0.25, 0.3) is 0 Å². The topological polar surface area (TPSA) is 0 Å². The molecule has 0 amide bonds. The van der Waals surface area contributed by atoms with Crippen LogP contribution >= 0.6 is 22.6 Å². The Bertz CT molecular complexity index is 494. The number of aryl methyl sites for hydroxylation is 1. The summed E-state index contributed by atoms with van der Waals surface area (Å²) in [4.78, 5) is 0. The van der Waals surface area contributed by atoms with Crippen molar-refractivity contribution in [3.05, 3.63) is 72.3 Å². The molecule has 0 aliphatic rings. The SMILES string of the molecule is C=CC(I)c1ccc(-c2ccc(C)cc2)cc1. The van der Waals surface area contributed by atoms with Gasteiger partial charge in [0.05, 0.1) is 3.92 Å². The molecule has 86 valence electrons. The van der Waals surface area contributed by atoms with E-state index in [0.29, 0.717) is 3.92 Å². The van der Waals surface area contributed by atoms with Crippen LogP contribution in [-0.2, 0) is 0 Å². The van der Waals surface area contributed by atoms with Gasteiger partial charge in [-0.1, -0.05) is 82.8 Å². The van der Waals surface area contributed by atoms with Crippen molar-refractivity contribution in [1.29, 1.82) is 0 Å². The Morgan fingerprint density at radius 3 is 1.88 bits per heavy atom. The zero-order valence-corrected chi connectivity index (χ0v) is 12.0. The number of rotatable bonds is 3. The molecule has 0 saturated carbocycles. The number of halogens is 1. The summed E-state index contributed by atoms with van der Waals surface area (Å²) < 4.78 is 0.389. The van der Waals surface area contributed by atoms with Crippen LogP contribution in [0.5, 0.6) is 0 Å². The van der Waals surface area contributed by atoms with E-state index in [4.69, 9.17) is 0 Å². The van der Waals surface area contributed by atoms with Crippen molar-refractivity contribution in [2.24, 2.45) is 0 Å². The average molecular weight is 334 g/mol. The molecule has 0 saturated heterocycles. The Kier molecular flexibility index (Phi) is 4.00. The van der Waals surface area contributed by atoms with E-state index < -0.39 is 0 Å². The summed E-state index contributed by atoms with van der Waals surface area (Å²) in [5.74, 6) is 0. The van der Waals surface area contributed by atoms with E-state index >= 15 is 0 Å². The van der Waals surface area contributed by atoms with E-state index in [1.54, 1.807) is 0 Å². The minimum absolute atomic E-state index is 0.389. The monoisotopic (exact) mass is 334 g/mol. The summed E-state index contributed by atoms with van der Waals surface area (Å²) in [6.45, 7) is 5.93. The molecular formula is C16H15I. The molecule has 0 aliphatic heterocycles. The van der Waals surface area contributed by atoms with Gasteiger partial charge in [0.15, 0.2) is 0 Å². The number of alkyl halides is 1. The van der Waals surface area contributed by atoms with Crippen molar-refractivity contribution in [3.63, 3.8) is 0 Å². The van der Waals surface area contributed by atoms with Crippen LogP contribution in [-0.4, -0.2) is 0 Å². The van der Waals surface area contributed by atoms with Crippen LogP contribution in [0, 0.1) is 6.92 Å². The molecule has 0 aliphatic carbocycles. The highest BCUT2D eigenvalue weighted by molar-refractivity contribution is 14.1. The maximum Gasteiger partial charge on any atom is 0.0536 e. The van der Waals surface area contributed by atoms with Crippen LogP contribution in [0.4, 0.5) is 0 Å². The van der Waals surface area contributed by atoms with Crippen LogP contribution < -0.4 is 0 Å². The summed E-state index contributed by atoms with van der Waals surface area (Å²) in [7, 11) is 0. The second kappa shape index (κ2) is 5.50. The number of allylic oxidation sites excluding steroid dienone is 1. The Balaban J connectivity index is 2.29. The Hall–Kier alpha value is -1.09. The van der Waals surface area contributed by atoms with Gasteiger partial charge in [-0.15, -0.1) is 6.58 Å². The van der Waals surface area contributed by atoms with E-state index in [2.05, 4.69) is 84.6 Å². The minimum atomic E-state index is 0.389. The van der Waals surface area contributed by atoms with Crippen molar-refractivity contribution in [2.75, 3.05) is 0 Å². The summed E-state index contributed by atoms with van der Waals surface area (Å²) in [5.41, 5.74) is 5.13. The second-order valence-corrected chi connectivity index (χ2v) is 5.47. The summed E-state index contributed by atoms with van der Waals surface area (Å²) in [6.07, 6.45) is 1.96. The summed E-state index contributed by atoms with van der Waals surface area (Å²) in [5, 5.41) is 0. The van der Waals surface area contributed by atoms with Crippen molar-refractivity contribution in [1.82, 2.24) is 0 Å². The van der Waals surface area contributed by atoms with Crippen LogP contribution in [0.2, 0.25) is 0 Å². The summed E-state index contributed by atoms with van der Waals surface area (Å²) >= 11 is 2.38. The highest BCUT2D eigenvalue weighted by atomic mass is 127. The standard InChI is InChI=1S/C16H15I/c1-3-16(17)15-10-8-14(9-11-15)13-6-4-12(2)5-7-13/h3-11,16H,1H2,2H3. The molecule has 0 spiro atoms. The van der Waals surface area contributed by atoms with Gasteiger partial charge >= 0.3 is 0 Å². The van der Waals surface area contributed by atoms with Gasteiger partial charge in [-0.25, -0.2) is 0 Å². The Morgan fingerprint density at radius 1 is 0.941 bits per heavy atom. The molecule has 1 atom stereocenters. The lowest BCUT2D eigenvalue weighted by Crippen LogP contribution is -1.85. The van der Waals surface area contributed by atoms with Gasteiger partial charge < -0.3 is 0 Å². The molecule has 0 radical (unpaired) electrons. The van der Waals surface area contributed by atoms with E-state index in [1.165, 1.54) is 22.3 Å². The predicted octanol–water partition coefficient (Wildman–Crippen LogP) is 5.32. The normalized spacial score (nSPS) is 12.1. The maximum atomic E-state index is 3.82. The van der Waals surface area contributed by atoms with E-state index in [1.807, 2.05) is 6.08 Å². The number of hydrogen-bond donors (Lipinski definition) is 0. The fourth-order valence-electron chi connectivity index (χ4n) is 1.74. The fourth-order valence-corrected chi connectivity index (χ4v) is 2.16. The average Bonchev–Trinajstić information content (AvgIpc) is 2.39. The molecule has 1 heteroatoms. The Morgan fingerprint density at radius 2 is 1.41 bits per heavy atom. The van der Waals surface area contributed by atoms with Gasteiger partial charge in [-0.05, 0) is 23.6 Å². The van der Waals surface area contributed by atoms with Crippen molar-refractivity contribution in [3.8, 4) is 11.1 Å². The van der Waals surface area contributed by atoms with E-state index in [-0.39, 0.29) is 0 Å². The molecule has 0 nitrogen and oxygen atoms in total. The van der Waals surface area contributed by atoms with Crippen LogP contribution in [0.3, 0.4) is 0 Å². The van der Waals surface area contributed by atoms with Gasteiger partial charge in [0, 0.05) is 0 Å². The van der Waals surface area contributed by atoms with Gasteiger partial charge in [0.1, 0.15) is 0 Å². The molecule has 1 unspecified atom stereocenters. The molecule has 0 N–H and O–H groups in total. The molecule has 2 aromatic rings. The first kappa shape index (κ1) is 12.4. The summed E-state index contributed by atoms with van der Waals surface area (Å²) in [6, 6.07) is 17.3. The van der Waals surface area contributed by atoms with Crippen LogP contribution in [0.1, 0.15) is 15.1 Å². The fraction of sp³-hybridized carbons (Fsp3) is 0.125. The molecule has 2 rings (SSSR count). The van der Waals surface area contributed by atoms with Gasteiger partial charge in [0.2, 0.25) is 0 Å². The predicted molar refractivity (Wildman–Crippen MR) is 83.6 cm³/mol. The zero-order chi connectivity index (χ0) is 12.3. The molecule has 0 heterocycles. The second-order valence-electron chi connectivity index (χ2n) is 4.13. The first-order valence-corrected chi connectivity index (χ1v) is 6.89. The lowest BCUT2D eigenvalue weighted by molar-refractivity contribution is 1.29. The highest BCUT2D eigenvalue weighted by Gasteiger charge is 2.02. The molecule has 2 aromatic carbocycles. The quantitative estimate of drug-likeness (QED) is 0.405. The van der Waals surface area contributed by atoms with Crippen LogP contribution in [0.25, 0.3) is 11.1 Å². The molecular weight excluding hydrogens is 319 g/mol. The van der Waals surface area contributed by atoms with Crippen molar-refractivity contribution < 1.29 is 0 Å².